The van der Waals surface area contributed by atoms with Crippen LogP contribution in [-0.2, 0) is 57.6 Å². The van der Waals surface area contributed by atoms with Gasteiger partial charge in [-0.1, -0.05) is 58.0 Å². The first kappa shape index (κ1) is 61.1. The first-order valence-corrected chi connectivity index (χ1v) is 31.5. The Bertz CT molecular complexity index is 3280. The lowest BCUT2D eigenvalue weighted by atomic mass is 9.84. The summed E-state index contributed by atoms with van der Waals surface area (Å²) in [5, 5.41) is 5.24. The number of hydrogen-bond donors (Lipinski definition) is 2. The standard InChI is InChI=1S/C65H86F3N11O8/c1-39(2)55(75-25-26-87-64(34-75)35-76(36-64)61(83)58-56(42-14-15-42)77(58)33-53(80)72(6)7)59(81)70-51-28-41-11-9-12-43(27-41)44-16-19-52-47(29-44)49(31-63(4,5)38-86-62(84)50-13-10-20-79(71-50)60(51)82)57(78(52)37-65(66,67)68)48-30-46(32-69-54(48)40(3)85-8)74-23-21-73(22-24-74)45-17-18-45/h9,11-12,16,19,27,29-30,32,39-40,42,45,50-51,55-56,58,71H,10,13-15,17-18,20-26,28,31,33-38H2,1-8H3,(H,70,81)/t40-,50-,51-,55-,56+,58+,77?/m0/s1. The lowest BCUT2D eigenvalue weighted by Crippen LogP contribution is -2.73. The Labute approximate surface area is 508 Å². The largest absolute Gasteiger partial charge is 0.464 e. The van der Waals surface area contributed by atoms with Crippen LogP contribution in [0.3, 0.4) is 0 Å². The van der Waals surface area contributed by atoms with Crippen molar-refractivity contribution in [2.75, 3.05) is 105 Å². The summed E-state index contributed by atoms with van der Waals surface area (Å²) in [6.07, 6.45) is 2.30. The number of alkyl halides is 3. The van der Waals surface area contributed by atoms with Gasteiger partial charge in [-0.3, -0.25) is 48.7 Å². The zero-order valence-corrected chi connectivity index (χ0v) is 51.7. The van der Waals surface area contributed by atoms with Gasteiger partial charge in [0.15, 0.2) is 0 Å². The highest BCUT2D eigenvalue weighted by Crippen LogP contribution is 2.49. The van der Waals surface area contributed by atoms with Gasteiger partial charge in [-0.25, -0.2) is 5.43 Å². The molecule has 22 heteroatoms. The maximum absolute atomic E-state index is 15.3. The molecular weight excluding hydrogens is 1120 g/mol. The van der Waals surface area contributed by atoms with Gasteiger partial charge < -0.3 is 38.8 Å². The fraction of sp³-hybridized carbons (Fsp3) is 0.631. The number of halogens is 3. The highest BCUT2D eigenvalue weighted by atomic mass is 19.4. The van der Waals surface area contributed by atoms with E-state index in [0.717, 1.165) is 61.4 Å². The number of piperazine rings is 1. The van der Waals surface area contributed by atoms with E-state index in [4.69, 9.17) is 19.2 Å². The minimum Gasteiger partial charge on any atom is -0.464 e. The molecule has 2 N–H and O–H groups in total. The van der Waals surface area contributed by atoms with Gasteiger partial charge in [-0.15, -0.1) is 0 Å². The molecule has 470 valence electrons. The number of amides is 4. The molecule has 19 nitrogen and oxygen atoms in total. The van der Waals surface area contributed by atoms with Gasteiger partial charge in [0.05, 0.1) is 68.3 Å². The number of fused-ring (bicyclic) bond motifs is 6. The van der Waals surface area contributed by atoms with E-state index in [1.54, 1.807) is 32.2 Å². The minimum absolute atomic E-state index is 0.00997. The van der Waals surface area contributed by atoms with Crippen LogP contribution in [0.2, 0.25) is 0 Å². The number of carbonyl (C=O) groups excluding carboxylic acids is 5. The molecule has 8 heterocycles. The Kier molecular flexibility index (Phi) is 16.8. The molecule has 0 radical (unpaired) electrons. The third kappa shape index (κ3) is 12.9. The molecule has 87 heavy (non-hydrogen) atoms. The Morgan fingerprint density at radius 2 is 1.67 bits per heavy atom. The third-order valence-electron chi connectivity index (χ3n) is 19.4. The number of hydrazine groups is 1. The predicted molar refractivity (Wildman–Crippen MR) is 322 cm³/mol. The lowest BCUT2D eigenvalue weighted by molar-refractivity contribution is -0.197. The number of nitrogens with zero attached hydrogens (tertiary/aromatic N) is 9. The molecule has 7 atom stereocenters. The molecule has 2 aliphatic carbocycles. The van der Waals surface area contributed by atoms with Crippen LogP contribution in [0.25, 0.3) is 33.3 Å². The van der Waals surface area contributed by atoms with Gasteiger partial charge in [-0.05, 0) is 104 Å². The monoisotopic (exact) mass is 1210 g/mol. The van der Waals surface area contributed by atoms with Crippen LogP contribution in [0, 0.1) is 17.3 Å². The van der Waals surface area contributed by atoms with E-state index in [1.807, 2.05) is 93.1 Å². The molecule has 2 saturated carbocycles. The molecule has 7 fully saturated rings. The van der Waals surface area contributed by atoms with Crippen molar-refractivity contribution in [3.05, 3.63) is 71.5 Å². The van der Waals surface area contributed by atoms with E-state index in [9.17, 15) is 14.4 Å². The summed E-state index contributed by atoms with van der Waals surface area (Å²) in [4.78, 5) is 88.5. The highest BCUT2D eigenvalue weighted by Gasteiger charge is 2.63. The predicted octanol–water partition coefficient (Wildman–Crippen LogP) is 6.06. The first-order chi connectivity index (χ1) is 41.5. The maximum Gasteiger partial charge on any atom is 0.406 e. The number of esters is 1. The van der Waals surface area contributed by atoms with E-state index in [1.165, 1.54) is 22.4 Å². The van der Waals surface area contributed by atoms with Gasteiger partial charge in [0.2, 0.25) is 17.7 Å². The lowest BCUT2D eigenvalue weighted by Gasteiger charge is -2.55. The van der Waals surface area contributed by atoms with Crippen LogP contribution in [0.15, 0.2) is 54.7 Å². The van der Waals surface area contributed by atoms with Crippen molar-refractivity contribution in [3.63, 3.8) is 0 Å². The van der Waals surface area contributed by atoms with Crippen LogP contribution in [-0.4, -0.2) is 217 Å². The Morgan fingerprint density at radius 1 is 0.920 bits per heavy atom. The number of morpholine rings is 1. The fourth-order valence-electron chi connectivity index (χ4n) is 14.5. The Morgan fingerprint density at radius 3 is 2.36 bits per heavy atom. The van der Waals surface area contributed by atoms with E-state index in [-0.39, 0.29) is 68.3 Å². The van der Waals surface area contributed by atoms with Crippen molar-refractivity contribution in [2.24, 2.45) is 17.3 Å². The van der Waals surface area contributed by atoms with E-state index < -0.39 is 59.8 Å². The number of rotatable bonds is 14. The number of benzene rings is 2. The van der Waals surface area contributed by atoms with Crippen molar-refractivity contribution in [1.82, 2.24) is 49.8 Å². The van der Waals surface area contributed by atoms with E-state index in [0.29, 0.717) is 91.0 Å². The number of hydrogen-bond acceptors (Lipinski definition) is 14. The van der Waals surface area contributed by atoms with Crippen LogP contribution in [0.1, 0.15) is 96.1 Å². The van der Waals surface area contributed by atoms with Crippen LogP contribution in [0.4, 0.5) is 18.9 Å². The fourth-order valence-corrected chi connectivity index (χ4v) is 14.5. The second kappa shape index (κ2) is 24.0. The molecule has 4 aromatic rings. The van der Waals surface area contributed by atoms with Crippen molar-refractivity contribution in [3.8, 4) is 22.4 Å². The summed E-state index contributed by atoms with van der Waals surface area (Å²) in [6.45, 7) is 14.0. The number of likely N-dealkylation sites (N-methyl/N-ethyl adjacent to an activating group) is 1. The number of anilines is 1. The Balaban J connectivity index is 0.862. The summed E-state index contributed by atoms with van der Waals surface area (Å²) >= 11 is 0. The van der Waals surface area contributed by atoms with E-state index >= 15 is 22.8 Å². The van der Waals surface area contributed by atoms with Gasteiger partial charge in [0, 0.05) is 107 Å². The maximum atomic E-state index is 15.3. The smallest absolute Gasteiger partial charge is 0.406 e. The number of methoxy groups -OCH3 is 1. The molecular formula is C65H86F3N11O8. The molecule has 1 spiro atoms. The molecule has 2 aromatic heterocycles. The summed E-state index contributed by atoms with van der Waals surface area (Å²) in [7, 11) is 5.02. The third-order valence-corrected chi connectivity index (χ3v) is 19.4. The van der Waals surface area contributed by atoms with Crippen molar-refractivity contribution >= 4 is 46.2 Å². The van der Waals surface area contributed by atoms with Crippen LogP contribution in [0.5, 0.6) is 0 Å². The minimum atomic E-state index is -4.61. The number of cyclic esters (lactones) is 1. The van der Waals surface area contributed by atoms with Gasteiger partial charge in [0.1, 0.15) is 30.3 Å². The van der Waals surface area contributed by atoms with Crippen molar-refractivity contribution in [2.45, 2.75) is 147 Å². The molecule has 2 aromatic carbocycles. The number of ether oxygens (including phenoxy) is 3. The summed E-state index contributed by atoms with van der Waals surface area (Å²) in [5.74, 6) is -1.12. The number of nitrogens with one attached hydrogen (secondary N) is 2. The number of likely N-dealkylation sites (tertiary alicyclic amines) is 1. The number of aromatic nitrogens is 2. The molecule has 4 amide bonds. The Hall–Kier alpha value is -6.17. The summed E-state index contributed by atoms with van der Waals surface area (Å²) < 4.78 is 65.7. The molecule has 8 aliphatic rings. The molecule has 1 unspecified atom stereocenters. The zero-order chi connectivity index (χ0) is 61.4. The topological polar surface area (TPSA) is 177 Å². The molecule has 6 bridgehead atoms. The quantitative estimate of drug-likeness (QED) is 0.110. The highest BCUT2D eigenvalue weighted by molar-refractivity contribution is 5.96. The first-order valence-electron chi connectivity index (χ1n) is 31.5. The van der Waals surface area contributed by atoms with E-state index in [2.05, 4.69) is 25.4 Å². The van der Waals surface area contributed by atoms with Gasteiger partial charge in [0.25, 0.3) is 5.91 Å². The van der Waals surface area contributed by atoms with Crippen LogP contribution < -0.4 is 15.6 Å². The van der Waals surface area contributed by atoms with Gasteiger partial charge in [-0.2, -0.15) is 13.2 Å². The second-order valence-corrected chi connectivity index (χ2v) is 27.4. The van der Waals surface area contributed by atoms with Crippen molar-refractivity contribution < 1.29 is 51.4 Å². The average Bonchev–Trinajstić information content (AvgIpc) is 1.62. The summed E-state index contributed by atoms with van der Waals surface area (Å²) in [6, 6.07) is 12.9. The number of pyridine rings is 1. The molecule has 6 aliphatic heterocycles. The average molecular weight is 1210 g/mol. The number of carbonyl (C=O) groups is 5. The van der Waals surface area contributed by atoms with Gasteiger partial charge >= 0.3 is 12.1 Å². The van der Waals surface area contributed by atoms with Crippen LogP contribution >= 0.6 is 0 Å². The normalized spacial score (nSPS) is 26.1. The molecule has 12 rings (SSSR count). The van der Waals surface area contributed by atoms with Crippen molar-refractivity contribution in [1.29, 1.82) is 0 Å². The SMILES string of the molecule is CO[C@@H](C)c1ncc(N2CCN(C3CC3)CC2)cc1-c1c2c3cc(ccc3n1CC(F)(F)F)-c1cccc(c1)C[C@H](NC(=O)[C@H](C(C)C)N1CCOC3(CN(C(=O)[C@H]4[C@@H](C5CC5)N4CC(=O)N(C)C)C3)C1)C(=O)N1CCC[C@H](N1)C(=O)OCC(C)(C)C2. The zero-order valence-electron chi connectivity index (χ0n) is 51.7. The molecule has 5 saturated heterocycles. The second-order valence-electron chi connectivity index (χ2n) is 27.4. The summed E-state index contributed by atoms with van der Waals surface area (Å²) in [5.41, 5.74) is 7.17.